The number of aryl methyl sites for hydroxylation is 1. The molecule has 2 aromatic heterocycles. The Kier molecular flexibility index (Phi) is 2.18. The summed E-state index contributed by atoms with van der Waals surface area (Å²) in [7, 11) is 0. The number of halogens is 1. The van der Waals surface area contributed by atoms with E-state index in [-0.39, 0.29) is 5.82 Å². The Morgan fingerprint density at radius 2 is 2.14 bits per heavy atom. The normalized spacial score (nSPS) is 10.1. The number of hydrogen-bond donors (Lipinski definition) is 0. The second kappa shape index (κ2) is 3.49. The molecule has 0 fully saturated rings. The minimum atomic E-state index is -0.362. The van der Waals surface area contributed by atoms with Crippen molar-refractivity contribution < 1.29 is 4.39 Å². The summed E-state index contributed by atoms with van der Waals surface area (Å²) in [5.74, 6) is 0.297. The number of hydrogen-bond acceptors (Lipinski definition) is 3. The molecule has 0 aromatic carbocycles. The Balaban J connectivity index is 2.49. The lowest BCUT2D eigenvalue weighted by Crippen LogP contribution is -1.90. The molecule has 0 saturated heterocycles. The van der Waals surface area contributed by atoms with E-state index in [9.17, 15) is 4.39 Å². The predicted molar refractivity (Wildman–Crippen MR) is 50.0 cm³/mol. The van der Waals surface area contributed by atoms with Gasteiger partial charge in [0.15, 0.2) is 0 Å². The van der Waals surface area contributed by atoms with E-state index in [1.807, 2.05) is 0 Å². The molecule has 0 amide bonds. The molecule has 70 valence electrons. The van der Waals surface area contributed by atoms with Crippen molar-refractivity contribution >= 4 is 0 Å². The fourth-order valence-electron chi connectivity index (χ4n) is 1.17. The number of nitrogens with zero attached hydrogens (tertiary/aromatic N) is 3. The van der Waals surface area contributed by atoms with E-state index in [4.69, 9.17) is 0 Å². The van der Waals surface area contributed by atoms with Gasteiger partial charge in [0, 0.05) is 18.0 Å². The highest BCUT2D eigenvalue weighted by Crippen LogP contribution is 2.15. The smallest absolute Gasteiger partial charge is 0.142 e. The monoisotopic (exact) mass is 189 g/mol. The lowest BCUT2D eigenvalue weighted by Gasteiger charge is -2.00. The lowest BCUT2D eigenvalue weighted by molar-refractivity contribution is 0.622. The first-order valence-electron chi connectivity index (χ1n) is 4.16. The average molecular weight is 189 g/mol. The van der Waals surface area contributed by atoms with Gasteiger partial charge in [-0.2, -0.15) is 0 Å². The lowest BCUT2D eigenvalue weighted by atomic mass is 10.2. The molecule has 0 N–H and O–H groups in total. The van der Waals surface area contributed by atoms with Crippen LogP contribution in [-0.4, -0.2) is 15.0 Å². The van der Waals surface area contributed by atoms with E-state index in [2.05, 4.69) is 15.0 Å². The van der Waals surface area contributed by atoms with Gasteiger partial charge in [0.25, 0.3) is 0 Å². The zero-order valence-corrected chi connectivity index (χ0v) is 7.61. The van der Waals surface area contributed by atoms with Gasteiger partial charge in [0.2, 0.25) is 0 Å². The van der Waals surface area contributed by atoms with Crippen molar-refractivity contribution in [2.75, 3.05) is 0 Å². The fraction of sp³-hybridized carbons (Fsp3) is 0.100. The number of pyridine rings is 1. The molecule has 0 spiro atoms. The Hall–Kier alpha value is -1.84. The molecule has 0 bridgehead atoms. The van der Waals surface area contributed by atoms with Gasteiger partial charge in [-0.25, -0.2) is 14.4 Å². The Morgan fingerprint density at radius 1 is 1.29 bits per heavy atom. The Labute approximate surface area is 80.7 Å². The molecule has 3 nitrogen and oxygen atoms in total. The van der Waals surface area contributed by atoms with Crippen LogP contribution >= 0.6 is 0 Å². The van der Waals surface area contributed by atoms with Crippen molar-refractivity contribution in [3.8, 4) is 11.3 Å². The zero-order valence-electron chi connectivity index (χ0n) is 7.61. The van der Waals surface area contributed by atoms with Crippen LogP contribution in [-0.2, 0) is 0 Å². The van der Waals surface area contributed by atoms with Crippen molar-refractivity contribution in [1.29, 1.82) is 0 Å². The van der Waals surface area contributed by atoms with Crippen LogP contribution in [0.5, 0.6) is 0 Å². The van der Waals surface area contributed by atoms with Crippen LogP contribution in [0.15, 0.2) is 30.7 Å². The summed E-state index contributed by atoms with van der Waals surface area (Å²) in [5.41, 5.74) is 1.35. The largest absolute Gasteiger partial charge is 0.261 e. The van der Waals surface area contributed by atoms with Crippen molar-refractivity contribution in [2.45, 2.75) is 6.92 Å². The maximum absolute atomic E-state index is 12.8. The molecular weight excluding hydrogens is 181 g/mol. The predicted octanol–water partition coefficient (Wildman–Crippen LogP) is 1.99. The van der Waals surface area contributed by atoms with Crippen molar-refractivity contribution in [3.05, 3.63) is 42.4 Å². The summed E-state index contributed by atoms with van der Waals surface area (Å²) in [5, 5.41) is 0. The summed E-state index contributed by atoms with van der Waals surface area (Å²) in [4.78, 5) is 11.9. The molecule has 2 aromatic rings. The molecule has 14 heavy (non-hydrogen) atoms. The molecule has 4 heteroatoms. The first kappa shape index (κ1) is 8.74. The van der Waals surface area contributed by atoms with Crippen LogP contribution in [0.3, 0.4) is 0 Å². The first-order valence-corrected chi connectivity index (χ1v) is 4.16. The van der Waals surface area contributed by atoms with E-state index in [0.717, 1.165) is 6.20 Å². The summed E-state index contributed by atoms with van der Waals surface area (Å²) < 4.78 is 12.8. The summed E-state index contributed by atoms with van der Waals surface area (Å²) in [6, 6.07) is 3.12. The minimum Gasteiger partial charge on any atom is -0.261 e. The third-order valence-electron chi connectivity index (χ3n) is 1.78. The maximum atomic E-state index is 12.8. The van der Waals surface area contributed by atoms with Crippen LogP contribution in [0.25, 0.3) is 11.3 Å². The van der Waals surface area contributed by atoms with Crippen LogP contribution in [0.1, 0.15) is 5.82 Å². The van der Waals surface area contributed by atoms with Crippen LogP contribution < -0.4 is 0 Å². The van der Waals surface area contributed by atoms with E-state index >= 15 is 0 Å². The molecule has 0 aliphatic carbocycles. The fourth-order valence-corrected chi connectivity index (χ4v) is 1.17. The molecule has 0 saturated carbocycles. The molecule has 0 atom stereocenters. The summed E-state index contributed by atoms with van der Waals surface area (Å²) in [6.07, 6.45) is 4.38. The van der Waals surface area contributed by atoms with Crippen LogP contribution in [0.4, 0.5) is 4.39 Å². The Bertz CT molecular complexity index is 413. The zero-order chi connectivity index (χ0) is 9.97. The molecular formula is C10H8FN3. The van der Waals surface area contributed by atoms with Crippen molar-refractivity contribution in [3.63, 3.8) is 0 Å². The topological polar surface area (TPSA) is 38.7 Å². The van der Waals surface area contributed by atoms with Gasteiger partial charge in [-0.1, -0.05) is 0 Å². The van der Waals surface area contributed by atoms with E-state index in [1.54, 1.807) is 25.4 Å². The third kappa shape index (κ3) is 1.74. The number of rotatable bonds is 1. The molecule has 2 rings (SSSR count). The second-order valence-corrected chi connectivity index (χ2v) is 2.88. The Morgan fingerprint density at radius 3 is 2.86 bits per heavy atom. The molecule has 0 aliphatic heterocycles. The highest BCUT2D eigenvalue weighted by Gasteiger charge is 2.01. The van der Waals surface area contributed by atoms with E-state index in [1.165, 1.54) is 6.07 Å². The first-order chi connectivity index (χ1) is 6.75. The third-order valence-corrected chi connectivity index (χ3v) is 1.78. The maximum Gasteiger partial charge on any atom is 0.142 e. The summed E-state index contributed by atoms with van der Waals surface area (Å²) in [6.45, 7) is 1.79. The van der Waals surface area contributed by atoms with E-state index in [0.29, 0.717) is 17.1 Å². The van der Waals surface area contributed by atoms with Crippen LogP contribution in [0.2, 0.25) is 0 Å². The molecule has 0 aliphatic rings. The summed E-state index contributed by atoms with van der Waals surface area (Å²) >= 11 is 0. The van der Waals surface area contributed by atoms with Gasteiger partial charge in [0.05, 0.1) is 11.9 Å². The van der Waals surface area contributed by atoms with Crippen molar-refractivity contribution in [2.24, 2.45) is 0 Å². The van der Waals surface area contributed by atoms with Gasteiger partial charge >= 0.3 is 0 Å². The standard InChI is InChI=1S/C10H8FN3/c1-7-13-3-2-10(14-7)8-4-9(11)6-12-5-8/h2-6H,1H3. The SMILES string of the molecule is Cc1nccc(-c2cncc(F)c2)n1. The van der Waals surface area contributed by atoms with Gasteiger partial charge in [0.1, 0.15) is 11.6 Å². The molecule has 0 radical (unpaired) electrons. The second-order valence-electron chi connectivity index (χ2n) is 2.88. The molecule has 0 unspecified atom stereocenters. The van der Waals surface area contributed by atoms with Gasteiger partial charge in [-0.3, -0.25) is 4.98 Å². The van der Waals surface area contributed by atoms with Gasteiger partial charge in [-0.05, 0) is 19.1 Å². The van der Waals surface area contributed by atoms with Gasteiger partial charge < -0.3 is 0 Å². The minimum absolute atomic E-state index is 0.362. The van der Waals surface area contributed by atoms with Crippen LogP contribution in [0, 0.1) is 12.7 Å². The number of aromatic nitrogens is 3. The molecule has 2 heterocycles. The van der Waals surface area contributed by atoms with Crippen molar-refractivity contribution in [1.82, 2.24) is 15.0 Å². The highest BCUT2D eigenvalue weighted by molar-refractivity contribution is 5.56. The highest BCUT2D eigenvalue weighted by atomic mass is 19.1. The average Bonchev–Trinajstić information content (AvgIpc) is 2.18. The van der Waals surface area contributed by atoms with E-state index < -0.39 is 0 Å². The quantitative estimate of drug-likeness (QED) is 0.688. The van der Waals surface area contributed by atoms with Gasteiger partial charge in [-0.15, -0.1) is 0 Å².